The Morgan fingerprint density at radius 1 is 0.968 bits per heavy atom. The predicted molar refractivity (Wildman–Crippen MR) is 126 cm³/mol. The zero-order valence-corrected chi connectivity index (χ0v) is 18.0. The molecule has 5 rings (SSSR count). The third kappa shape index (κ3) is 3.82. The third-order valence-electron chi connectivity index (χ3n) is 5.66. The summed E-state index contributed by atoms with van der Waals surface area (Å²) in [4.78, 5) is 11.1. The van der Waals surface area contributed by atoms with Gasteiger partial charge < -0.3 is 14.8 Å². The smallest absolute Gasteiger partial charge is 0.170 e. The Bertz CT molecular complexity index is 1190. The third-order valence-corrected chi connectivity index (χ3v) is 6.02. The molecule has 31 heavy (non-hydrogen) atoms. The Labute approximate surface area is 187 Å². The summed E-state index contributed by atoms with van der Waals surface area (Å²) in [6.45, 7) is 2.81. The van der Waals surface area contributed by atoms with Gasteiger partial charge in [0, 0.05) is 42.7 Å². The minimum atomic E-state index is -0.0472. The summed E-state index contributed by atoms with van der Waals surface area (Å²) in [5, 5.41) is 4.27. The molecule has 0 amide bonds. The largest absolute Gasteiger partial charge is 0.352 e. The molecule has 0 spiro atoms. The van der Waals surface area contributed by atoms with Crippen LogP contribution in [0.5, 0.6) is 0 Å². The van der Waals surface area contributed by atoms with Gasteiger partial charge in [0.2, 0.25) is 0 Å². The first-order chi connectivity index (χ1) is 15.2. The van der Waals surface area contributed by atoms with E-state index in [4.69, 9.17) is 12.2 Å². The van der Waals surface area contributed by atoms with Crippen LogP contribution in [0.2, 0.25) is 0 Å². The Morgan fingerprint density at radius 2 is 1.84 bits per heavy atom. The molecule has 0 bridgehead atoms. The highest BCUT2D eigenvalue weighted by Gasteiger charge is 2.41. The molecule has 6 heteroatoms. The number of aromatic nitrogens is 3. The average molecular weight is 426 g/mol. The summed E-state index contributed by atoms with van der Waals surface area (Å²) < 4.78 is 2.25. The normalized spacial score (nSPS) is 18.2. The van der Waals surface area contributed by atoms with Crippen LogP contribution >= 0.6 is 12.2 Å². The number of nitrogens with zero attached hydrogens (tertiary/aromatic N) is 4. The van der Waals surface area contributed by atoms with Gasteiger partial charge >= 0.3 is 0 Å². The summed E-state index contributed by atoms with van der Waals surface area (Å²) in [5.74, 6) is 0. The van der Waals surface area contributed by atoms with Gasteiger partial charge in [-0.05, 0) is 78.8 Å². The van der Waals surface area contributed by atoms with E-state index in [1.54, 1.807) is 0 Å². The summed E-state index contributed by atoms with van der Waals surface area (Å²) >= 11 is 5.81. The van der Waals surface area contributed by atoms with Gasteiger partial charge in [-0.25, -0.2) is 0 Å². The lowest BCUT2D eigenvalue weighted by Crippen LogP contribution is -2.30. The molecule has 3 aromatic heterocycles. The highest BCUT2D eigenvalue weighted by atomic mass is 32.1. The van der Waals surface area contributed by atoms with E-state index in [2.05, 4.69) is 80.3 Å². The maximum absolute atomic E-state index is 5.81. The number of rotatable bonds is 5. The second kappa shape index (κ2) is 8.32. The first-order valence-electron chi connectivity index (χ1n) is 10.3. The molecule has 1 aliphatic heterocycles. The van der Waals surface area contributed by atoms with Crippen LogP contribution in [0.1, 0.15) is 34.6 Å². The standard InChI is InChI=1S/C25H23N5S/c1-18-6-4-7-20(16-18)29-15-5-9-22(29)24-23(21-8-2-3-12-27-21)28-25(31)30(24)17-19-10-13-26-14-11-19/h2-16,23-24H,17H2,1H3,(H,28,31)/t23-,24-/m0/s1. The molecule has 5 nitrogen and oxygen atoms in total. The summed E-state index contributed by atoms with van der Waals surface area (Å²) in [5.41, 5.74) is 5.68. The Morgan fingerprint density at radius 3 is 2.61 bits per heavy atom. The van der Waals surface area contributed by atoms with Gasteiger partial charge in [0.25, 0.3) is 0 Å². The molecule has 2 atom stereocenters. The van der Waals surface area contributed by atoms with Crippen molar-refractivity contribution in [3.05, 3.63) is 114 Å². The number of hydrogen-bond acceptors (Lipinski definition) is 3. The Balaban J connectivity index is 1.61. The van der Waals surface area contributed by atoms with E-state index in [9.17, 15) is 0 Å². The molecule has 1 N–H and O–H groups in total. The minimum Gasteiger partial charge on any atom is -0.352 e. The molecule has 154 valence electrons. The highest BCUT2D eigenvalue weighted by molar-refractivity contribution is 7.80. The van der Waals surface area contributed by atoms with Crippen molar-refractivity contribution in [2.24, 2.45) is 0 Å². The first-order valence-corrected chi connectivity index (χ1v) is 10.7. The van der Waals surface area contributed by atoms with Gasteiger partial charge in [-0.1, -0.05) is 18.2 Å². The molecule has 0 unspecified atom stereocenters. The highest BCUT2D eigenvalue weighted by Crippen LogP contribution is 2.40. The summed E-state index contributed by atoms with van der Waals surface area (Å²) in [6, 6.07) is 22.9. The number of benzene rings is 1. The van der Waals surface area contributed by atoms with E-state index in [0.717, 1.165) is 16.5 Å². The molecule has 4 heterocycles. The second-order valence-electron chi connectivity index (χ2n) is 7.75. The molecule has 0 aliphatic carbocycles. The number of thiocarbonyl (C=S) groups is 1. The van der Waals surface area contributed by atoms with E-state index in [-0.39, 0.29) is 12.1 Å². The van der Waals surface area contributed by atoms with Crippen LogP contribution in [0.3, 0.4) is 0 Å². The lowest BCUT2D eigenvalue weighted by atomic mass is 10.0. The van der Waals surface area contributed by atoms with E-state index >= 15 is 0 Å². The van der Waals surface area contributed by atoms with Crippen molar-refractivity contribution in [2.45, 2.75) is 25.6 Å². The van der Waals surface area contributed by atoms with E-state index < -0.39 is 0 Å². The zero-order valence-electron chi connectivity index (χ0n) is 17.2. The molecule has 0 saturated carbocycles. The molecule has 1 aromatic carbocycles. The molecule has 0 radical (unpaired) electrons. The SMILES string of the molecule is Cc1cccc(-n2cccc2[C@H]2[C@H](c3ccccn3)NC(=S)N2Cc2ccncc2)c1. The van der Waals surface area contributed by atoms with Crippen molar-refractivity contribution < 1.29 is 0 Å². The monoisotopic (exact) mass is 425 g/mol. The van der Waals surface area contributed by atoms with Gasteiger partial charge in [0.1, 0.15) is 0 Å². The first kappa shape index (κ1) is 19.5. The molecule has 1 saturated heterocycles. The number of pyridine rings is 2. The Hall–Kier alpha value is -3.51. The number of hydrogen-bond donors (Lipinski definition) is 1. The average Bonchev–Trinajstić information content (AvgIpc) is 3.40. The van der Waals surface area contributed by atoms with E-state index in [0.29, 0.717) is 6.54 Å². The van der Waals surface area contributed by atoms with Crippen LogP contribution in [-0.4, -0.2) is 24.5 Å². The van der Waals surface area contributed by atoms with Crippen LogP contribution in [0.4, 0.5) is 0 Å². The van der Waals surface area contributed by atoms with Crippen molar-refractivity contribution in [3.63, 3.8) is 0 Å². The van der Waals surface area contributed by atoms with Crippen molar-refractivity contribution in [1.29, 1.82) is 0 Å². The second-order valence-corrected chi connectivity index (χ2v) is 8.14. The van der Waals surface area contributed by atoms with Crippen molar-refractivity contribution >= 4 is 17.3 Å². The van der Waals surface area contributed by atoms with Crippen LogP contribution in [0.25, 0.3) is 5.69 Å². The zero-order chi connectivity index (χ0) is 21.2. The molecule has 1 fully saturated rings. The summed E-state index contributed by atoms with van der Waals surface area (Å²) in [7, 11) is 0. The van der Waals surface area contributed by atoms with Crippen LogP contribution < -0.4 is 5.32 Å². The van der Waals surface area contributed by atoms with Crippen LogP contribution in [0, 0.1) is 6.92 Å². The van der Waals surface area contributed by atoms with E-state index in [1.807, 2.05) is 42.9 Å². The fraction of sp³-hybridized carbons (Fsp3) is 0.160. The van der Waals surface area contributed by atoms with Gasteiger partial charge in [0.05, 0.1) is 17.8 Å². The number of nitrogens with one attached hydrogen (secondary N) is 1. The predicted octanol–water partition coefficient (Wildman–Crippen LogP) is 4.75. The van der Waals surface area contributed by atoms with Gasteiger partial charge in [-0.3, -0.25) is 9.97 Å². The van der Waals surface area contributed by atoms with Gasteiger partial charge in [-0.15, -0.1) is 0 Å². The van der Waals surface area contributed by atoms with Gasteiger partial charge in [0.15, 0.2) is 5.11 Å². The molecule has 4 aromatic rings. The van der Waals surface area contributed by atoms with Crippen molar-refractivity contribution in [1.82, 2.24) is 24.8 Å². The van der Waals surface area contributed by atoms with Gasteiger partial charge in [-0.2, -0.15) is 0 Å². The van der Waals surface area contributed by atoms with Crippen LogP contribution in [0.15, 0.2) is 91.5 Å². The minimum absolute atomic E-state index is 0.00826. The maximum atomic E-state index is 5.81. The summed E-state index contributed by atoms with van der Waals surface area (Å²) in [6.07, 6.45) is 7.60. The lowest BCUT2D eigenvalue weighted by Gasteiger charge is -2.29. The lowest BCUT2D eigenvalue weighted by molar-refractivity contribution is 0.302. The quantitative estimate of drug-likeness (QED) is 0.468. The van der Waals surface area contributed by atoms with E-state index in [1.165, 1.54) is 16.8 Å². The van der Waals surface area contributed by atoms with Crippen LogP contribution in [-0.2, 0) is 6.54 Å². The Kier molecular flexibility index (Phi) is 5.22. The number of aryl methyl sites for hydroxylation is 1. The fourth-order valence-electron chi connectivity index (χ4n) is 4.23. The fourth-order valence-corrected chi connectivity index (χ4v) is 4.54. The van der Waals surface area contributed by atoms with Crippen molar-refractivity contribution in [2.75, 3.05) is 0 Å². The maximum Gasteiger partial charge on any atom is 0.170 e. The molecular weight excluding hydrogens is 402 g/mol. The topological polar surface area (TPSA) is 46.0 Å². The van der Waals surface area contributed by atoms with Crippen molar-refractivity contribution in [3.8, 4) is 5.69 Å². The molecular formula is C25H23N5S. The molecule has 1 aliphatic rings.